The molecule has 0 aliphatic carbocycles. The molecule has 5 rings (SSSR count). The summed E-state index contributed by atoms with van der Waals surface area (Å²) < 4.78 is 10.2. The number of hydrogen-bond donors (Lipinski definition) is 2. The van der Waals surface area contributed by atoms with Crippen LogP contribution in [0.25, 0.3) is 33.3 Å². The summed E-state index contributed by atoms with van der Waals surface area (Å²) in [4.78, 5) is 29.8. The number of ether oxygens (including phenoxy) is 1. The number of furan rings is 1. The SMILES string of the molecule is COC(=O)c1n[nH]c2ccc(NC(=O)c3cc(-c4ccco4)nc4ccccc34)cc12. The summed E-state index contributed by atoms with van der Waals surface area (Å²) in [6, 6.07) is 17.8. The summed E-state index contributed by atoms with van der Waals surface area (Å²) in [7, 11) is 1.29. The van der Waals surface area contributed by atoms with Gasteiger partial charge in [0, 0.05) is 16.5 Å². The maximum atomic E-state index is 13.2. The number of esters is 1. The quantitative estimate of drug-likeness (QED) is 0.423. The molecule has 3 aromatic heterocycles. The van der Waals surface area contributed by atoms with E-state index in [-0.39, 0.29) is 11.6 Å². The Labute approximate surface area is 175 Å². The number of fused-ring (bicyclic) bond motifs is 2. The van der Waals surface area contributed by atoms with Gasteiger partial charge in [-0.3, -0.25) is 9.89 Å². The van der Waals surface area contributed by atoms with E-state index in [1.165, 1.54) is 7.11 Å². The number of nitrogens with zero attached hydrogens (tertiary/aromatic N) is 2. The molecule has 0 atom stereocenters. The molecular weight excluding hydrogens is 396 g/mol. The number of pyridine rings is 1. The van der Waals surface area contributed by atoms with Crippen LogP contribution in [-0.4, -0.2) is 34.2 Å². The second-order valence-electron chi connectivity index (χ2n) is 6.83. The summed E-state index contributed by atoms with van der Waals surface area (Å²) in [5.41, 5.74) is 3.03. The number of H-pyrrole nitrogens is 1. The van der Waals surface area contributed by atoms with Gasteiger partial charge in [-0.05, 0) is 42.5 Å². The maximum absolute atomic E-state index is 13.2. The van der Waals surface area contributed by atoms with E-state index in [0.717, 1.165) is 5.39 Å². The number of benzene rings is 2. The van der Waals surface area contributed by atoms with Crippen LogP contribution in [0.1, 0.15) is 20.8 Å². The molecule has 0 saturated heterocycles. The molecule has 0 fully saturated rings. The number of aromatic nitrogens is 3. The van der Waals surface area contributed by atoms with Crippen molar-refractivity contribution in [2.75, 3.05) is 12.4 Å². The van der Waals surface area contributed by atoms with Gasteiger partial charge >= 0.3 is 5.97 Å². The minimum absolute atomic E-state index is 0.156. The lowest BCUT2D eigenvalue weighted by Gasteiger charge is -2.10. The zero-order valence-electron chi connectivity index (χ0n) is 16.4. The zero-order chi connectivity index (χ0) is 21.4. The van der Waals surface area contributed by atoms with Crippen LogP contribution >= 0.6 is 0 Å². The van der Waals surface area contributed by atoms with Gasteiger partial charge in [0.05, 0.1) is 30.0 Å². The third kappa shape index (κ3) is 3.29. The molecule has 8 heteroatoms. The van der Waals surface area contributed by atoms with Crippen LogP contribution in [0.2, 0.25) is 0 Å². The van der Waals surface area contributed by atoms with Crippen molar-refractivity contribution in [3.8, 4) is 11.5 Å². The van der Waals surface area contributed by atoms with Gasteiger partial charge in [-0.1, -0.05) is 18.2 Å². The summed E-state index contributed by atoms with van der Waals surface area (Å²) in [5.74, 6) is -0.297. The highest BCUT2D eigenvalue weighted by atomic mass is 16.5. The molecule has 0 radical (unpaired) electrons. The highest BCUT2D eigenvalue weighted by Gasteiger charge is 2.18. The number of anilines is 1. The number of amides is 1. The molecule has 0 bridgehead atoms. The number of carbonyl (C=O) groups excluding carboxylic acids is 2. The minimum Gasteiger partial charge on any atom is -0.464 e. The molecule has 3 heterocycles. The van der Waals surface area contributed by atoms with Gasteiger partial charge in [-0.25, -0.2) is 9.78 Å². The average Bonchev–Trinajstić information content (AvgIpc) is 3.48. The van der Waals surface area contributed by atoms with Crippen LogP contribution in [0.15, 0.2) is 71.3 Å². The molecule has 0 aliphatic heterocycles. The van der Waals surface area contributed by atoms with Crippen molar-refractivity contribution in [1.82, 2.24) is 15.2 Å². The lowest BCUT2D eigenvalue weighted by atomic mass is 10.1. The topological polar surface area (TPSA) is 110 Å². The van der Waals surface area contributed by atoms with Crippen molar-refractivity contribution in [2.45, 2.75) is 0 Å². The van der Waals surface area contributed by atoms with E-state index in [0.29, 0.717) is 39.1 Å². The van der Waals surface area contributed by atoms with Gasteiger partial charge in [0.2, 0.25) is 0 Å². The van der Waals surface area contributed by atoms with Crippen LogP contribution in [0.4, 0.5) is 5.69 Å². The Bertz CT molecular complexity index is 1440. The van der Waals surface area contributed by atoms with Gasteiger partial charge in [0.15, 0.2) is 11.5 Å². The van der Waals surface area contributed by atoms with E-state index in [4.69, 9.17) is 9.15 Å². The van der Waals surface area contributed by atoms with Gasteiger partial charge in [0.25, 0.3) is 5.91 Å². The van der Waals surface area contributed by atoms with Gasteiger partial charge in [0.1, 0.15) is 5.69 Å². The van der Waals surface area contributed by atoms with Crippen molar-refractivity contribution >= 4 is 39.4 Å². The summed E-state index contributed by atoms with van der Waals surface area (Å²) in [5, 5.41) is 10.9. The number of nitrogens with one attached hydrogen (secondary N) is 2. The largest absolute Gasteiger partial charge is 0.464 e. The summed E-state index contributed by atoms with van der Waals surface area (Å²) in [6.07, 6.45) is 1.56. The van der Waals surface area contributed by atoms with Crippen LogP contribution in [-0.2, 0) is 4.74 Å². The molecule has 2 aromatic carbocycles. The Morgan fingerprint density at radius 1 is 1.03 bits per heavy atom. The minimum atomic E-state index is -0.557. The summed E-state index contributed by atoms with van der Waals surface area (Å²) >= 11 is 0. The number of methoxy groups -OCH3 is 1. The molecule has 0 spiro atoms. The third-order valence-corrected chi connectivity index (χ3v) is 4.93. The molecular formula is C23H16N4O4. The molecule has 2 N–H and O–H groups in total. The first-order chi connectivity index (χ1) is 15.1. The average molecular weight is 412 g/mol. The van der Waals surface area contributed by atoms with Crippen molar-refractivity contribution in [3.05, 3.63) is 78.2 Å². The second-order valence-corrected chi connectivity index (χ2v) is 6.83. The first-order valence-electron chi connectivity index (χ1n) is 9.45. The van der Waals surface area contributed by atoms with E-state index in [1.807, 2.05) is 24.3 Å². The Morgan fingerprint density at radius 3 is 2.71 bits per heavy atom. The lowest BCUT2D eigenvalue weighted by molar-refractivity contribution is 0.0596. The monoisotopic (exact) mass is 412 g/mol. The molecule has 0 saturated carbocycles. The number of para-hydroxylation sites is 1. The van der Waals surface area contributed by atoms with Crippen molar-refractivity contribution in [1.29, 1.82) is 0 Å². The van der Waals surface area contributed by atoms with Crippen molar-refractivity contribution < 1.29 is 18.7 Å². The fraction of sp³-hybridized carbons (Fsp3) is 0.0435. The second kappa shape index (κ2) is 7.42. The molecule has 152 valence electrons. The number of carbonyl (C=O) groups is 2. The Hall–Kier alpha value is -4.46. The predicted molar refractivity (Wildman–Crippen MR) is 115 cm³/mol. The number of aromatic amines is 1. The number of hydrogen-bond acceptors (Lipinski definition) is 6. The first kappa shape index (κ1) is 18.6. The zero-order valence-corrected chi connectivity index (χ0v) is 16.4. The molecule has 0 aliphatic rings. The van der Waals surface area contributed by atoms with E-state index in [9.17, 15) is 9.59 Å². The Balaban J connectivity index is 1.55. The van der Waals surface area contributed by atoms with Gasteiger partial charge < -0.3 is 14.5 Å². The highest BCUT2D eigenvalue weighted by Crippen LogP contribution is 2.27. The van der Waals surface area contributed by atoms with Crippen molar-refractivity contribution in [2.24, 2.45) is 0 Å². The Kier molecular flexibility index (Phi) is 4.44. The maximum Gasteiger partial charge on any atom is 0.359 e. The van der Waals surface area contributed by atoms with Gasteiger partial charge in [-0.15, -0.1) is 0 Å². The third-order valence-electron chi connectivity index (χ3n) is 4.93. The predicted octanol–water partition coefficient (Wildman–Crippen LogP) is 4.41. The fourth-order valence-corrected chi connectivity index (χ4v) is 3.46. The molecule has 1 amide bonds. The first-order valence-corrected chi connectivity index (χ1v) is 9.45. The normalized spacial score (nSPS) is 11.0. The fourth-order valence-electron chi connectivity index (χ4n) is 3.46. The molecule has 31 heavy (non-hydrogen) atoms. The standard InChI is InChI=1S/C23H16N4O4/c1-30-23(29)21-16-11-13(8-9-18(16)26-27-21)24-22(28)15-12-19(20-7-4-10-31-20)25-17-6-3-2-5-14(15)17/h2-12H,1H3,(H,24,28)(H,26,27). The van der Waals surface area contributed by atoms with E-state index >= 15 is 0 Å². The molecule has 5 aromatic rings. The van der Waals surface area contributed by atoms with E-state index < -0.39 is 5.97 Å². The molecule has 8 nitrogen and oxygen atoms in total. The highest BCUT2D eigenvalue weighted by molar-refractivity contribution is 6.13. The summed E-state index contributed by atoms with van der Waals surface area (Å²) in [6.45, 7) is 0. The van der Waals surface area contributed by atoms with Crippen LogP contribution in [0, 0.1) is 0 Å². The van der Waals surface area contributed by atoms with Gasteiger partial charge in [-0.2, -0.15) is 5.10 Å². The Morgan fingerprint density at radius 2 is 1.90 bits per heavy atom. The lowest BCUT2D eigenvalue weighted by Crippen LogP contribution is -2.13. The van der Waals surface area contributed by atoms with E-state index in [1.54, 1.807) is 42.7 Å². The van der Waals surface area contributed by atoms with Crippen molar-refractivity contribution in [3.63, 3.8) is 0 Å². The van der Waals surface area contributed by atoms with Crippen LogP contribution in [0.3, 0.4) is 0 Å². The smallest absolute Gasteiger partial charge is 0.359 e. The van der Waals surface area contributed by atoms with Crippen LogP contribution in [0.5, 0.6) is 0 Å². The van der Waals surface area contributed by atoms with Crippen LogP contribution < -0.4 is 5.32 Å². The number of rotatable bonds is 4. The van der Waals surface area contributed by atoms with E-state index in [2.05, 4.69) is 20.5 Å². The molecule has 0 unspecified atom stereocenters.